The van der Waals surface area contributed by atoms with Gasteiger partial charge in [0.1, 0.15) is 0 Å². The van der Waals surface area contributed by atoms with E-state index in [9.17, 15) is 4.79 Å². The van der Waals surface area contributed by atoms with Crippen molar-refractivity contribution in [3.8, 4) is 0 Å². The van der Waals surface area contributed by atoms with E-state index in [1.54, 1.807) is 24.9 Å². The number of carbonyl (C=O) groups is 1. The molecule has 1 aromatic carbocycles. The Morgan fingerprint density at radius 3 is 2.67 bits per heavy atom. The van der Waals surface area contributed by atoms with E-state index in [2.05, 4.69) is 4.74 Å². The summed E-state index contributed by atoms with van der Waals surface area (Å²) in [5, 5.41) is 0. The zero-order valence-corrected chi connectivity index (χ0v) is 9.89. The van der Waals surface area contributed by atoms with E-state index in [1.807, 2.05) is 18.4 Å². The molecular weight excluding hydrogens is 212 g/mol. The maximum Gasteiger partial charge on any atom is 0.337 e. The summed E-state index contributed by atoms with van der Waals surface area (Å²) in [6.07, 6.45) is 1.97. The third-order valence-corrected chi connectivity index (χ3v) is 2.83. The largest absolute Gasteiger partial charge is 0.465 e. The van der Waals surface area contributed by atoms with E-state index in [0.29, 0.717) is 12.2 Å². The average Bonchev–Trinajstić information content (AvgIpc) is 2.29. The minimum Gasteiger partial charge on any atom is -0.465 e. The second kappa shape index (κ2) is 5.78. The maximum absolute atomic E-state index is 11.3. The van der Waals surface area contributed by atoms with E-state index in [1.165, 1.54) is 7.11 Å². The molecule has 0 aliphatic carbocycles. The molecule has 0 saturated heterocycles. The molecule has 0 saturated carbocycles. The minimum absolute atomic E-state index is 0.311. The molecule has 1 rings (SSSR count). The molecular formula is C11H14O3S. The minimum atomic E-state index is -0.311. The first-order valence-corrected chi connectivity index (χ1v) is 5.69. The van der Waals surface area contributed by atoms with Crippen LogP contribution >= 0.6 is 11.8 Å². The monoisotopic (exact) mass is 226 g/mol. The van der Waals surface area contributed by atoms with Gasteiger partial charge in [-0.2, -0.15) is 0 Å². The lowest BCUT2D eigenvalue weighted by Gasteiger charge is -2.08. The molecule has 0 aromatic heterocycles. The zero-order valence-electron chi connectivity index (χ0n) is 9.07. The standard InChI is InChI=1S/C11H14O3S/c1-13-7-9-5-4-8(11(12)14-2)6-10(9)15-3/h4-6H,7H2,1-3H3. The van der Waals surface area contributed by atoms with Gasteiger partial charge in [0.05, 0.1) is 19.3 Å². The number of rotatable bonds is 4. The Morgan fingerprint density at radius 1 is 1.40 bits per heavy atom. The smallest absolute Gasteiger partial charge is 0.337 e. The topological polar surface area (TPSA) is 35.5 Å². The van der Waals surface area contributed by atoms with Gasteiger partial charge >= 0.3 is 5.97 Å². The summed E-state index contributed by atoms with van der Waals surface area (Å²) in [7, 11) is 3.03. The van der Waals surface area contributed by atoms with Crippen molar-refractivity contribution in [2.24, 2.45) is 0 Å². The molecule has 1 aromatic rings. The van der Waals surface area contributed by atoms with E-state index >= 15 is 0 Å². The summed E-state index contributed by atoms with van der Waals surface area (Å²) in [4.78, 5) is 12.3. The molecule has 0 atom stereocenters. The molecule has 0 amide bonds. The van der Waals surface area contributed by atoms with Crippen molar-refractivity contribution in [1.29, 1.82) is 0 Å². The number of hydrogen-bond acceptors (Lipinski definition) is 4. The fourth-order valence-corrected chi connectivity index (χ4v) is 1.90. The third-order valence-electron chi connectivity index (χ3n) is 2.01. The number of methoxy groups -OCH3 is 2. The van der Waals surface area contributed by atoms with Gasteiger partial charge in [-0.1, -0.05) is 6.07 Å². The van der Waals surface area contributed by atoms with Gasteiger partial charge in [-0.15, -0.1) is 11.8 Å². The molecule has 3 nitrogen and oxygen atoms in total. The number of esters is 1. The molecule has 0 unspecified atom stereocenters. The molecule has 0 radical (unpaired) electrons. The van der Waals surface area contributed by atoms with Gasteiger partial charge < -0.3 is 9.47 Å². The van der Waals surface area contributed by atoms with Gasteiger partial charge in [0.2, 0.25) is 0 Å². The fraction of sp³-hybridized carbons (Fsp3) is 0.364. The van der Waals surface area contributed by atoms with Crippen LogP contribution in [0.2, 0.25) is 0 Å². The van der Waals surface area contributed by atoms with Crippen LogP contribution in [0.25, 0.3) is 0 Å². The van der Waals surface area contributed by atoms with Gasteiger partial charge in [0, 0.05) is 12.0 Å². The number of carbonyl (C=O) groups excluding carboxylic acids is 1. The molecule has 82 valence electrons. The van der Waals surface area contributed by atoms with E-state index in [0.717, 1.165) is 10.5 Å². The number of ether oxygens (including phenoxy) is 2. The first-order chi connectivity index (χ1) is 7.22. The van der Waals surface area contributed by atoms with Crippen LogP contribution in [0.15, 0.2) is 23.1 Å². The zero-order chi connectivity index (χ0) is 11.3. The normalized spacial score (nSPS) is 10.1. The predicted octanol–water partition coefficient (Wildman–Crippen LogP) is 2.34. The Balaban J connectivity index is 3.01. The quantitative estimate of drug-likeness (QED) is 0.583. The highest BCUT2D eigenvalue weighted by Gasteiger charge is 2.08. The molecule has 4 heteroatoms. The van der Waals surface area contributed by atoms with Crippen LogP contribution in [0.5, 0.6) is 0 Å². The van der Waals surface area contributed by atoms with Gasteiger partial charge in [-0.3, -0.25) is 0 Å². The first kappa shape index (κ1) is 12.1. The summed E-state index contributed by atoms with van der Waals surface area (Å²) in [6, 6.07) is 5.46. The maximum atomic E-state index is 11.3. The molecule has 0 fully saturated rings. The van der Waals surface area contributed by atoms with Gasteiger partial charge in [0.15, 0.2) is 0 Å². The van der Waals surface area contributed by atoms with Crippen LogP contribution in [0, 0.1) is 0 Å². The van der Waals surface area contributed by atoms with Crippen LogP contribution < -0.4 is 0 Å². The lowest BCUT2D eigenvalue weighted by molar-refractivity contribution is 0.0600. The van der Waals surface area contributed by atoms with Crippen LogP contribution in [0.4, 0.5) is 0 Å². The van der Waals surface area contributed by atoms with Crippen molar-refractivity contribution >= 4 is 17.7 Å². The highest BCUT2D eigenvalue weighted by Crippen LogP contribution is 2.22. The molecule has 0 heterocycles. The Labute approximate surface area is 93.8 Å². The molecule has 0 aliphatic heterocycles. The van der Waals surface area contributed by atoms with Crippen LogP contribution in [-0.2, 0) is 16.1 Å². The summed E-state index contributed by atoms with van der Waals surface area (Å²) < 4.78 is 9.72. The van der Waals surface area contributed by atoms with Crippen LogP contribution in [0.1, 0.15) is 15.9 Å². The molecule has 15 heavy (non-hydrogen) atoms. The number of benzene rings is 1. The van der Waals surface area contributed by atoms with Gasteiger partial charge in [0.25, 0.3) is 0 Å². The van der Waals surface area contributed by atoms with Crippen molar-refractivity contribution in [3.63, 3.8) is 0 Å². The SMILES string of the molecule is COCc1ccc(C(=O)OC)cc1SC. The predicted molar refractivity (Wildman–Crippen MR) is 60.3 cm³/mol. The first-order valence-electron chi connectivity index (χ1n) is 4.47. The Hall–Kier alpha value is -1.00. The third kappa shape index (κ3) is 2.97. The van der Waals surface area contributed by atoms with E-state index < -0.39 is 0 Å². The molecule has 0 bridgehead atoms. The van der Waals surface area contributed by atoms with E-state index in [4.69, 9.17) is 4.74 Å². The van der Waals surface area contributed by atoms with Crippen molar-refractivity contribution < 1.29 is 14.3 Å². The highest BCUT2D eigenvalue weighted by molar-refractivity contribution is 7.98. The van der Waals surface area contributed by atoms with Crippen molar-refractivity contribution in [2.75, 3.05) is 20.5 Å². The molecule has 0 aliphatic rings. The Bertz CT molecular complexity index is 350. The van der Waals surface area contributed by atoms with E-state index in [-0.39, 0.29) is 5.97 Å². The second-order valence-corrected chi connectivity index (χ2v) is 3.80. The average molecular weight is 226 g/mol. The lowest BCUT2D eigenvalue weighted by atomic mass is 10.1. The van der Waals surface area contributed by atoms with Crippen molar-refractivity contribution in [2.45, 2.75) is 11.5 Å². The Morgan fingerprint density at radius 2 is 2.13 bits per heavy atom. The van der Waals surface area contributed by atoms with Gasteiger partial charge in [-0.25, -0.2) is 4.79 Å². The summed E-state index contributed by atoms with van der Waals surface area (Å²) >= 11 is 1.59. The highest BCUT2D eigenvalue weighted by atomic mass is 32.2. The van der Waals surface area contributed by atoms with Crippen molar-refractivity contribution in [1.82, 2.24) is 0 Å². The summed E-state index contributed by atoms with van der Waals surface area (Å²) in [6.45, 7) is 0.553. The Kier molecular flexibility index (Phi) is 4.65. The molecule has 0 N–H and O–H groups in total. The number of thioether (sulfide) groups is 1. The van der Waals surface area contributed by atoms with Crippen LogP contribution in [-0.4, -0.2) is 26.4 Å². The van der Waals surface area contributed by atoms with Crippen LogP contribution in [0.3, 0.4) is 0 Å². The summed E-state index contributed by atoms with van der Waals surface area (Å²) in [5.74, 6) is -0.311. The number of hydrogen-bond donors (Lipinski definition) is 0. The lowest BCUT2D eigenvalue weighted by Crippen LogP contribution is -2.02. The van der Waals surface area contributed by atoms with Crippen molar-refractivity contribution in [3.05, 3.63) is 29.3 Å². The second-order valence-electron chi connectivity index (χ2n) is 2.95. The summed E-state index contributed by atoms with van der Waals surface area (Å²) in [5.41, 5.74) is 1.65. The van der Waals surface area contributed by atoms with Gasteiger partial charge in [-0.05, 0) is 24.0 Å². The fourth-order valence-electron chi connectivity index (χ4n) is 1.26. The molecule has 0 spiro atoms.